The Bertz CT molecular complexity index is 952. The monoisotopic (exact) mass is 505 g/mol. The Morgan fingerprint density at radius 2 is 1.96 bits per heavy atom. The van der Waals surface area contributed by atoms with Gasteiger partial charge in [-0.2, -0.15) is 18.4 Å². The lowest BCUT2D eigenvalue weighted by atomic mass is 10.2. The smallest absolute Gasteiger partial charge is 0.360 e. The van der Waals surface area contributed by atoms with Gasteiger partial charge < -0.3 is 10.6 Å². The summed E-state index contributed by atoms with van der Waals surface area (Å²) in [5, 5.41) is 13.8. The first-order valence-electron chi connectivity index (χ1n) is 7.43. The molecule has 27 heavy (non-hydrogen) atoms. The Kier molecular flexibility index (Phi) is 6.73. The van der Waals surface area contributed by atoms with Gasteiger partial charge in [0.25, 0.3) is 5.91 Å². The van der Waals surface area contributed by atoms with Crippen LogP contribution in [0.25, 0.3) is 0 Å². The number of carbonyl (C=O) groups is 1. The first-order valence-corrected chi connectivity index (χ1v) is 8.88. The minimum atomic E-state index is -4.61. The number of amides is 1. The lowest BCUT2D eigenvalue weighted by Crippen LogP contribution is -2.15. The predicted octanol–water partition coefficient (Wildman–Crippen LogP) is 5.73. The summed E-state index contributed by atoms with van der Waals surface area (Å²) in [5.74, 6) is -0.681. The van der Waals surface area contributed by atoms with Crippen LogP contribution in [0.4, 0.5) is 24.5 Å². The van der Waals surface area contributed by atoms with Gasteiger partial charge in [0.1, 0.15) is 11.6 Å². The minimum absolute atomic E-state index is 0.0396. The molecule has 0 aliphatic rings. The number of aryl methyl sites for hydroxylation is 1. The van der Waals surface area contributed by atoms with Crippen molar-refractivity contribution in [1.29, 1.82) is 5.26 Å². The van der Waals surface area contributed by atoms with E-state index in [4.69, 9.17) is 11.6 Å². The lowest BCUT2D eigenvalue weighted by Gasteiger charge is -2.11. The molecule has 0 atom stereocenters. The summed E-state index contributed by atoms with van der Waals surface area (Å²) >= 11 is 7.69. The Balaban J connectivity index is 2.19. The van der Waals surface area contributed by atoms with E-state index in [1.807, 2.05) is 6.07 Å². The van der Waals surface area contributed by atoms with Crippen LogP contribution in [0.2, 0.25) is 5.02 Å². The van der Waals surface area contributed by atoms with Gasteiger partial charge >= 0.3 is 6.18 Å². The highest BCUT2D eigenvalue weighted by Gasteiger charge is 2.33. The summed E-state index contributed by atoms with van der Waals surface area (Å²) in [6.07, 6.45) is -3.57. The number of anilines is 2. The van der Waals surface area contributed by atoms with Gasteiger partial charge in [-0.15, -0.1) is 0 Å². The fraction of sp³-hybridized carbons (Fsp3) is 0.111. The van der Waals surface area contributed by atoms with Gasteiger partial charge in [-0.25, -0.2) is 0 Å². The van der Waals surface area contributed by atoms with Crippen molar-refractivity contribution in [2.75, 3.05) is 10.6 Å². The van der Waals surface area contributed by atoms with E-state index in [9.17, 15) is 23.2 Å². The van der Waals surface area contributed by atoms with Crippen LogP contribution in [0.15, 0.2) is 48.2 Å². The van der Waals surface area contributed by atoms with E-state index in [1.54, 1.807) is 25.1 Å². The number of nitriles is 1. The molecule has 140 valence electrons. The molecule has 9 heteroatoms. The molecular weight excluding hydrogens is 494 g/mol. The quantitative estimate of drug-likeness (QED) is 0.317. The van der Waals surface area contributed by atoms with Gasteiger partial charge in [-0.3, -0.25) is 4.79 Å². The molecule has 0 radical (unpaired) electrons. The van der Waals surface area contributed by atoms with E-state index in [0.717, 1.165) is 27.5 Å². The minimum Gasteiger partial charge on any atom is -0.360 e. The Hall–Kier alpha value is -2.25. The maximum absolute atomic E-state index is 12.9. The second kappa shape index (κ2) is 8.63. The molecule has 0 spiro atoms. The summed E-state index contributed by atoms with van der Waals surface area (Å²) in [6.45, 7) is 1.80. The van der Waals surface area contributed by atoms with Crippen LogP contribution in [0.3, 0.4) is 0 Å². The average Bonchev–Trinajstić information content (AvgIpc) is 2.58. The highest BCUT2D eigenvalue weighted by Crippen LogP contribution is 2.36. The molecule has 2 N–H and O–H groups in total. The molecule has 2 rings (SSSR count). The molecule has 2 aromatic carbocycles. The Morgan fingerprint density at radius 3 is 2.56 bits per heavy atom. The molecule has 0 aliphatic carbocycles. The highest BCUT2D eigenvalue weighted by atomic mass is 127. The fourth-order valence-electron chi connectivity index (χ4n) is 2.09. The molecule has 0 unspecified atom stereocenters. The zero-order valence-electron chi connectivity index (χ0n) is 13.8. The summed E-state index contributed by atoms with van der Waals surface area (Å²) < 4.78 is 39.6. The van der Waals surface area contributed by atoms with Crippen molar-refractivity contribution in [1.82, 2.24) is 0 Å². The van der Waals surface area contributed by atoms with E-state index < -0.39 is 22.7 Å². The second-order valence-corrected chi connectivity index (χ2v) is 7.07. The number of hydrogen-bond acceptors (Lipinski definition) is 3. The van der Waals surface area contributed by atoms with Gasteiger partial charge in [0, 0.05) is 21.1 Å². The molecule has 2 aromatic rings. The van der Waals surface area contributed by atoms with Crippen LogP contribution < -0.4 is 10.6 Å². The van der Waals surface area contributed by atoms with Crippen LogP contribution in [0.1, 0.15) is 11.1 Å². The Labute approximate surface area is 172 Å². The topological polar surface area (TPSA) is 64.9 Å². The van der Waals surface area contributed by atoms with Crippen molar-refractivity contribution < 1.29 is 18.0 Å². The van der Waals surface area contributed by atoms with E-state index in [-0.39, 0.29) is 11.3 Å². The van der Waals surface area contributed by atoms with Gasteiger partial charge in [0.05, 0.1) is 10.6 Å². The lowest BCUT2D eigenvalue weighted by molar-refractivity contribution is -0.137. The number of rotatable bonds is 4. The van der Waals surface area contributed by atoms with Crippen LogP contribution in [0, 0.1) is 21.8 Å². The first kappa shape index (κ1) is 21.1. The van der Waals surface area contributed by atoms with Crippen molar-refractivity contribution in [2.45, 2.75) is 13.1 Å². The summed E-state index contributed by atoms with van der Waals surface area (Å²) in [6, 6.07) is 10.3. The summed E-state index contributed by atoms with van der Waals surface area (Å²) in [5.41, 5.74) is 0.0784. The zero-order chi connectivity index (χ0) is 20.2. The van der Waals surface area contributed by atoms with Crippen molar-refractivity contribution in [3.63, 3.8) is 0 Å². The van der Waals surface area contributed by atoms with Crippen molar-refractivity contribution in [3.8, 4) is 6.07 Å². The molecule has 1 amide bonds. The maximum atomic E-state index is 12.9. The number of benzene rings is 2. The van der Waals surface area contributed by atoms with Gasteiger partial charge in [0.2, 0.25) is 0 Å². The number of halogens is 5. The molecule has 0 fully saturated rings. The molecule has 4 nitrogen and oxygen atoms in total. The SMILES string of the molecule is Cc1cc(I)ccc1NC(=O)/C(C#N)=C\Nc1ccc(Cl)c(C(F)(F)F)c1. The molecule has 0 aromatic heterocycles. The molecule has 0 saturated heterocycles. The number of alkyl halides is 3. The van der Waals surface area contributed by atoms with Gasteiger partial charge in [0.15, 0.2) is 0 Å². The Morgan fingerprint density at radius 1 is 1.26 bits per heavy atom. The normalized spacial score (nSPS) is 11.7. The van der Waals surface area contributed by atoms with Crippen molar-refractivity contribution in [2.24, 2.45) is 0 Å². The number of hydrogen-bond donors (Lipinski definition) is 2. The third-order valence-electron chi connectivity index (χ3n) is 3.46. The summed E-state index contributed by atoms with van der Waals surface area (Å²) in [7, 11) is 0. The molecule has 0 aliphatic heterocycles. The van der Waals surface area contributed by atoms with E-state index >= 15 is 0 Å². The molecule has 0 bridgehead atoms. The van der Waals surface area contributed by atoms with Crippen LogP contribution in [0.5, 0.6) is 0 Å². The fourth-order valence-corrected chi connectivity index (χ4v) is 2.96. The first-order chi connectivity index (χ1) is 12.6. The maximum Gasteiger partial charge on any atom is 0.417 e. The van der Waals surface area contributed by atoms with Crippen molar-refractivity contribution in [3.05, 3.63) is 67.9 Å². The van der Waals surface area contributed by atoms with E-state index in [2.05, 4.69) is 33.2 Å². The third-order valence-corrected chi connectivity index (χ3v) is 4.46. The van der Waals surface area contributed by atoms with Crippen LogP contribution >= 0.6 is 34.2 Å². The van der Waals surface area contributed by atoms with Crippen LogP contribution in [-0.4, -0.2) is 5.91 Å². The van der Waals surface area contributed by atoms with Gasteiger partial charge in [-0.1, -0.05) is 11.6 Å². The molecular formula is C18H12ClF3IN3O. The van der Waals surface area contributed by atoms with E-state index in [1.165, 1.54) is 6.07 Å². The largest absolute Gasteiger partial charge is 0.417 e. The highest BCUT2D eigenvalue weighted by molar-refractivity contribution is 14.1. The standard InChI is InChI=1S/C18H12ClF3IN3O/c1-10-6-12(23)2-5-16(10)26-17(27)11(8-24)9-25-13-3-4-15(19)14(7-13)18(20,21)22/h2-7,9,25H,1H3,(H,26,27)/b11-9-. The number of nitrogens with zero attached hydrogens (tertiary/aromatic N) is 1. The van der Waals surface area contributed by atoms with Crippen LogP contribution in [-0.2, 0) is 11.0 Å². The number of carbonyl (C=O) groups excluding carboxylic acids is 1. The number of nitrogens with one attached hydrogen (secondary N) is 2. The van der Waals surface area contributed by atoms with Gasteiger partial charge in [-0.05, 0) is 71.5 Å². The second-order valence-electron chi connectivity index (χ2n) is 5.42. The summed E-state index contributed by atoms with van der Waals surface area (Å²) in [4.78, 5) is 12.2. The predicted molar refractivity (Wildman–Crippen MR) is 106 cm³/mol. The van der Waals surface area contributed by atoms with E-state index in [0.29, 0.717) is 5.69 Å². The zero-order valence-corrected chi connectivity index (χ0v) is 16.7. The molecule has 0 saturated carbocycles. The van der Waals surface area contributed by atoms with Crippen molar-refractivity contribution >= 4 is 51.5 Å². The third kappa shape index (κ3) is 5.61. The average molecular weight is 506 g/mol. The molecule has 0 heterocycles.